The van der Waals surface area contributed by atoms with Crippen LogP contribution in [-0.4, -0.2) is 92.8 Å². The molecule has 1 aliphatic carbocycles. The van der Waals surface area contributed by atoms with Gasteiger partial charge in [-0.15, -0.1) is 11.3 Å². The summed E-state index contributed by atoms with van der Waals surface area (Å²) in [5.74, 6) is -0.554. The number of benzene rings is 3. The van der Waals surface area contributed by atoms with Gasteiger partial charge in [-0.05, 0) is 72.2 Å². The van der Waals surface area contributed by atoms with E-state index >= 15 is 0 Å². The number of likely N-dealkylation sites (tertiary alicyclic amines) is 1. The maximum atomic E-state index is 14.0. The monoisotopic (exact) mass is 1030 g/mol. The lowest BCUT2D eigenvalue weighted by molar-refractivity contribution is -0.164. The van der Waals surface area contributed by atoms with E-state index in [0.717, 1.165) is 72.2 Å². The fourth-order valence-electron chi connectivity index (χ4n) is 11.2. The summed E-state index contributed by atoms with van der Waals surface area (Å²) in [5.41, 5.74) is 5.71. The highest BCUT2D eigenvalue weighted by molar-refractivity contribution is 7.13. The van der Waals surface area contributed by atoms with Gasteiger partial charge in [0.05, 0.1) is 32.8 Å². The molecule has 1 saturated carbocycles. The minimum atomic E-state index is -0.865. The van der Waals surface area contributed by atoms with Gasteiger partial charge in [0.25, 0.3) is 11.8 Å². The number of thiazole rings is 1. The first-order valence-electron chi connectivity index (χ1n) is 25.7. The number of carbonyl (C=O) groups excluding carboxylic acids is 5. The van der Waals surface area contributed by atoms with Crippen LogP contribution >= 0.6 is 22.9 Å². The van der Waals surface area contributed by atoms with Crippen LogP contribution in [0.3, 0.4) is 0 Å². The second-order valence-electron chi connectivity index (χ2n) is 22.4. The maximum absolute atomic E-state index is 14.0. The molecule has 3 heterocycles. The number of aromatic nitrogens is 1. The van der Waals surface area contributed by atoms with Gasteiger partial charge in [0.1, 0.15) is 30.0 Å². The molecule has 2 fully saturated rings. The van der Waals surface area contributed by atoms with Gasteiger partial charge in [-0.2, -0.15) is 5.26 Å². The molecule has 4 aromatic rings. The Morgan fingerprint density at radius 1 is 0.945 bits per heavy atom. The van der Waals surface area contributed by atoms with E-state index in [-0.39, 0.29) is 67.6 Å². The van der Waals surface area contributed by atoms with Crippen molar-refractivity contribution in [3.05, 3.63) is 105 Å². The number of nitrogens with one attached hydrogen (secondary N) is 3. The number of hydrogen-bond acceptors (Lipinski definition) is 10. The van der Waals surface area contributed by atoms with Crippen LogP contribution in [-0.2, 0) is 27.5 Å². The number of aliphatic hydroxyl groups is 1. The average molecular weight is 1030 g/mol. The first kappa shape index (κ1) is 54.9. The molecule has 3 aliphatic rings. The van der Waals surface area contributed by atoms with Gasteiger partial charge in [-0.25, -0.2) is 4.98 Å². The molecule has 1 aromatic heterocycles. The van der Waals surface area contributed by atoms with Crippen molar-refractivity contribution < 1.29 is 33.8 Å². The van der Waals surface area contributed by atoms with Crippen LogP contribution in [0.15, 0.2) is 66.2 Å². The van der Waals surface area contributed by atoms with Crippen LogP contribution in [0.25, 0.3) is 10.4 Å². The van der Waals surface area contributed by atoms with Crippen LogP contribution in [0.5, 0.6) is 5.75 Å². The smallest absolute Gasteiger partial charge is 0.254 e. The molecule has 0 radical (unpaired) electrons. The lowest BCUT2D eigenvalue weighted by Crippen LogP contribution is -2.74. The van der Waals surface area contributed by atoms with Crippen LogP contribution in [0.1, 0.15) is 156 Å². The van der Waals surface area contributed by atoms with Crippen molar-refractivity contribution in [3.63, 3.8) is 0 Å². The number of unbranched alkanes of at least 4 members (excludes halogenated alkanes) is 7. The zero-order chi connectivity index (χ0) is 52.8. The molecule has 0 unspecified atom stereocenters. The summed E-state index contributed by atoms with van der Waals surface area (Å²) in [6.45, 7) is 17.3. The number of amides is 5. The number of carbonyl (C=O) groups is 5. The Balaban J connectivity index is 0.774. The topological polar surface area (TPSA) is 194 Å². The molecule has 5 amide bonds. The highest BCUT2D eigenvalue weighted by Crippen LogP contribution is 2.55. The second-order valence-corrected chi connectivity index (χ2v) is 23.7. The summed E-state index contributed by atoms with van der Waals surface area (Å²) in [7, 11) is 0. The third kappa shape index (κ3) is 12.8. The Bertz CT molecular complexity index is 2690. The highest BCUT2D eigenvalue weighted by Gasteiger charge is 2.64. The van der Waals surface area contributed by atoms with Crippen molar-refractivity contribution in [2.24, 2.45) is 16.2 Å². The Morgan fingerprint density at radius 2 is 1.62 bits per heavy atom. The van der Waals surface area contributed by atoms with E-state index in [4.69, 9.17) is 16.3 Å². The highest BCUT2D eigenvalue weighted by atomic mass is 35.5. The average Bonchev–Trinajstić information content (AvgIpc) is 4.06. The number of nitrogens with zero attached hydrogens (tertiary/aromatic N) is 4. The normalized spacial score (nSPS) is 20.2. The minimum Gasteiger partial charge on any atom is -0.489 e. The molecule has 4 N–H and O–H groups in total. The number of fused-ring (bicyclic) bond motifs is 1. The molecular formula is C57H72ClN7O7S. The van der Waals surface area contributed by atoms with Gasteiger partial charge in [0.2, 0.25) is 17.7 Å². The lowest BCUT2D eigenvalue weighted by Gasteiger charge is -2.63. The summed E-state index contributed by atoms with van der Waals surface area (Å²) in [4.78, 5) is 76.4. The van der Waals surface area contributed by atoms with E-state index in [2.05, 4.69) is 54.7 Å². The number of aliphatic hydroxyl groups excluding tert-OH is 1. The first-order chi connectivity index (χ1) is 34.6. The lowest BCUT2D eigenvalue weighted by atomic mass is 9.49. The van der Waals surface area contributed by atoms with Crippen molar-refractivity contribution in [2.75, 3.05) is 13.1 Å². The van der Waals surface area contributed by atoms with Crippen molar-refractivity contribution in [1.82, 2.24) is 30.7 Å². The van der Waals surface area contributed by atoms with Crippen LogP contribution in [0.2, 0.25) is 5.02 Å². The van der Waals surface area contributed by atoms with Gasteiger partial charge in [-0.3, -0.25) is 24.0 Å². The third-order valence-electron chi connectivity index (χ3n) is 15.0. The minimum absolute atomic E-state index is 0.00752. The molecule has 1 saturated heterocycles. The molecule has 390 valence electrons. The summed E-state index contributed by atoms with van der Waals surface area (Å²) < 4.78 is 6.38. The van der Waals surface area contributed by atoms with Crippen LogP contribution in [0.4, 0.5) is 0 Å². The fraction of sp³-hybridized carbons (Fsp3) is 0.526. The quantitative estimate of drug-likeness (QED) is 0.0588. The van der Waals surface area contributed by atoms with Crippen molar-refractivity contribution in [2.45, 2.75) is 163 Å². The van der Waals surface area contributed by atoms with E-state index in [9.17, 15) is 34.3 Å². The summed E-state index contributed by atoms with van der Waals surface area (Å²) in [5, 5.41) is 29.4. The fourth-order valence-corrected chi connectivity index (χ4v) is 12.2. The SMILES string of the molecule is Cc1ncsc1-c1ccc(CNC(=O)[C@@H]2C[C@@H](O)CN2C(=O)[C@@H](NC(=O)CCCCCCCCCCN2Cc3cc(C(=O)NC4C(C)(C)C(Oc5ccc(C#N)c(Cl)c5)C4(C)C)ccc3C2=O)C(C)(C)C)cc1. The Labute approximate surface area is 439 Å². The van der Waals surface area contributed by atoms with Crippen molar-refractivity contribution in [1.29, 1.82) is 5.26 Å². The second kappa shape index (κ2) is 23.2. The number of aryl methyl sites for hydroxylation is 1. The van der Waals surface area contributed by atoms with Crippen LogP contribution in [0, 0.1) is 34.5 Å². The largest absolute Gasteiger partial charge is 0.489 e. The third-order valence-corrected chi connectivity index (χ3v) is 16.3. The standard InChI is InChI=1S/C57H72ClN7O7S/c1-35-47(73-34-61-35)37-20-18-36(19-21-37)31-60-50(69)45-28-41(66)33-65(45)52(71)48(55(2,3)4)62-46(67)17-15-13-11-9-10-12-14-16-26-64-32-40-27-38(23-25-43(40)51(64)70)49(68)63-53-56(5,6)54(57(53,7)8)72-42-24-22-39(30-59)44(58)29-42/h18-25,27,29,34,41,45,48,53-54,66H,9-17,26,28,31-33H2,1-8H3,(H,60,69)(H,62,67)(H,63,68)/t41-,45+,48-,53?,54?/m1/s1. The molecule has 3 aromatic carbocycles. The predicted molar refractivity (Wildman–Crippen MR) is 284 cm³/mol. The molecule has 0 spiro atoms. The number of β-amino-alcohol motifs (C(OH)–C–C–N with tert-alkyl or cyclic N) is 1. The van der Waals surface area contributed by atoms with Crippen LogP contribution < -0.4 is 20.7 Å². The van der Waals surface area contributed by atoms with Gasteiger partial charge in [0.15, 0.2) is 0 Å². The number of nitriles is 1. The van der Waals surface area contributed by atoms with E-state index in [1.165, 1.54) is 4.90 Å². The van der Waals surface area contributed by atoms with Gasteiger partial charge in [-0.1, -0.05) is 123 Å². The van der Waals surface area contributed by atoms with Gasteiger partial charge >= 0.3 is 0 Å². The van der Waals surface area contributed by atoms with E-state index < -0.39 is 34.4 Å². The molecule has 73 heavy (non-hydrogen) atoms. The van der Waals surface area contributed by atoms with E-state index in [1.54, 1.807) is 41.7 Å². The Kier molecular flexibility index (Phi) is 17.4. The number of hydrogen-bond donors (Lipinski definition) is 4. The van der Waals surface area contributed by atoms with E-state index in [1.807, 2.05) is 68.4 Å². The maximum Gasteiger partial charge on any atom is 0.254 e. The van der Waals surface area contributed by atoms with E-state index in [0.29, 0.717) is 47.0 Å². The predicted octanol–water partition coefficient (Wildman–Crippen LogP) is 9.53. The zero-order valence-electron chi connectivity index (χ0n) is 43.6. The molecule has 2 aliphatic heterocycles. The molecule has 16 heteroatoms. The summed E-state index contributed by atoms with van der Waals surface area (Å²) >= 11 is 7.84. The number of rotatable bonds is 21. The Hall–Kier alpha value is -5.82. The number of halogens is 1. The van der Waals surface area contributed by atoms with Gasteiger partial charge in [0, 0.05) is 73.1 Å². The molecule has 7 rings (SSSR count). The summed E-state index contributed by atoms with van der Waals surface area (Å²) in [6.07, 6.45) is 6.93. The first-order valence-corrected chi connectivity index (χ1v) is 27.0. The van der Waals surface area contributed by atoms with Crippen molar-refractivity contribution in [3.8, 4) is 22.3 Å². The summed E-state index contributed by atoms with van der Waals surface area (Å²) in [6, 6.07) is 18.5. The Morgan fingerprint density at radius 3 is 2.25 bits per heavy atom. The molecule has 3 atom stereocenters. The van der Waals surface area contributed by atoms with Gasteiger partial charge < -0.3 is 35.6 Å². The molecular weight excluding hydrogens is 962 g/mol. The zero-order valence-corrected chi connectivity index (χ0v) is 45.2. The van der Waals surface area contributed by atoms with Crippen molar-refractivity contribution >= 4 is 52.5 Å². The molecule has 14 nitrogen and oxygen atoms in total. The molecule has 0 bridgehead atoms. The number of ether oxygens (including phenoxy) is 1.